The molecule has 2 aromatic heterocycles. The molecule has 5 nitrogen and oxygen atoms in total. The maximum absolute atomic E-state index is 4.86. The van der Waals surface area contributed by atoms with E-state index in [9.17, 15) is 0 Å². The second-order valence-corrected chi connectivity index (χ2v) is 6.94. The van der Waals surface area contributed by atoms with Crippen molar-refractivity contribution in [2.24, 2.45) is 0 Å². The Morgan fingerprint density at radius 1 is 1.05 bits per heavy atom. The molecular formula is C15H21N5S. The molecule has 2 aliphatic rings. The van der Waals surface area contributed by atoms with E-state index < -0.39 is 0 Å². The van der Waals surface area contributed by atoms with Crippen LogP contribution in [0.2, 0.25) is 0 Å². The molecule has 112 valence electrons. The molecule has 0 aliphatic carbocycles. The molecular weight excluding hydrogens is 282 g/mol. The van der Waals surface area contributed by atoms with Crippen LogP contribution in [0.15, 0.2) is 17.8 Å². The summed E-state index contributed by atoms with van der Waals surface area (Å²) < 4.78 is 2.34. The minimum atomic E-state index is 0.944. The lowest BCUT2D eigenvalue weighted by atomic mass is 10.3. The number of imidazole rings is 1. The van der Waals surface area contributed by atoms with E-state index in [1.54, 1.807) is 11.3 Å². The van der Waals surface area contributed by atoms with Gasteiger partial charge < -0.3 is 4.57 Å². The van der Waals surface area contributed by atoms with Crippen molar-refractivity contribution in [3.05, 3.63) is 34.3 Å². The van der Waals surface area contributed by atoms with Gasteiger partial charge in [-0.25, -0.2) is 9.97 Å². The summed E-state index contributed by atoms with van der Waals surface area (Å²) in [6.45, 7) is 7.52. The molecule has 2 aliphatic heterocycles. The molecule has 21 heavy (non-hydrogen) atoms. The first-order chi connectivity index (χ1) is 10.4. The molecule has 1 saturated heterocycles. The van der Waals surface area contributed by atoms with Gasteiger partial charge in [0.15, 0.2) is 0 Å². The normalized spacial score (nSPS) is 20.0. The minimum absolute atomic E-state index is 0.944. The summed E-state index contributed by atoms with van der Waals surface area (Å²) in [5, 5.41) is 3.25. The first kappa shape index (κ1) is 13.4. The number of likely N-dealkylation sites (tertiary alicyclic amines) is 1. The molecule has 0 atom stereocenters. The fraction of sp³-hybridized carbons (Fsp3) is 0.600. The molecule has 0 amide bonds. The summed E-state index contributed by atoms with van der Waals surface area (Å²) in [6, 6.07) is 0. The van der Waals surface area contributed by atoms with Crippen molar-refractivity contribution in [3.8, 4) is 0 Å². The lowest BCUT2D eigenvalue weighted by Crippen LogP contribution is -2.33. The lowest BCUT2D eigenvalue weighted by molar-refractivity contribution is 0.208. The molecule has 1 fully saturated rings. The van der Waals surface area contributed by atoms with Crippen molar-refractivity contribution in [2.45, 2.75) is 39.0 Å². The Hall–Kier alpha value is -1.24. The SMILES string of the molecule is c1csc(CN2CCn3cc(CN4CCCC4)nc3C2)n1. The number of aromatic nitrogens is 3. The Balaban J connectivity index is 1.41. The third-order valence-corrected chi connectivity index (χ3v) is 5.12. The Morgan fingerprint density at radius 3 is 2.76 bits per heavy atom. The van der Waals surface area contributed by atoms with E-state index >= 15 is 0 Å². The van der Waals surface area contributed by atoms with Crippen LogP contribution >= 0.6 is 11.3 Å². The van der Waals surface area contributed by atoms with Crippen LogP contribution in [-0.2, 0) is 26.2 Å². The molecule has 0 radical (unpaired) electrons. The number of fused-ring (bicyclic) bond motifs is 1. The smallest absolute Gasteiger partial charge is 0.123 e. The third kappa shape index (κ3) is 3.02. The van der Waals surface area contributed by atoms with Gasteiger partial charge in [-0.05, 0) is 25.9 Å². The largest absolute Gasteiger partial charge is 0.332 e. The van der Waals surface area contributed by atoms with Crippen LogP contribution < -0.4 is 0 Å². The average molecular weight is 303 g/mol. The Kier molecular flexibility index (Phi) is 3.75. The molecule has 0 spiro atoms. The van der Waals surface area contributed by atoms with E-state index in [0.29, 0.717) is 0 Å². The van der Waals surface area contributed by atoms with Gasteiger partial charge in [-0.1, -0.05) is 0 Å². The van der Waals surface area contributed by atoms with Crippen LogP contribution in [-0.4, -0.2) is 44.0 Å². The molecule has 6 heteroatoms. The van der Waals surface area contributed by atoms with Crippen molar-refractivity contribution in [1.82, 2.24) is 24.3 Å². The number of rotatable bonds is 4. The fourth-order valence-electron chi connectivity index (χ4n) is 3.26. The highest BCUT2D eigenvalue weighted by molar-refractivity contribution is 7.09. The van der Waals surface area contributed by atoms with Gasteiger partial charge in [-0.2, -0.15) is 0 Å². The van der Waals surface area contributed by atoms with Gasteiger partial charge in [0.05, 0.1) is 18.8 Å². The second kappa shape index (κ2) is 5.87. The monoisotopic (exact) mass is 303 g/mol. The summed E-state index contributed by atoms with van der Waals surface area (Å²) in [5.74, 6) is 1.21. The van der Waals surface area contributed by atoms with E-state index in [1.165, 1.54) is 42.5 Å². The number of hydrogen-bond donors (Lipinski definition) is 0. The molecule has 4 rings (SSSR count). The van der Waals surface area contributed by atoms with Crippen LogP contribution in [0.3, 0.4) is 0 Å². The van der Waals surface area contributed by atoms with Crippen molar-refractivity contribution in [2.75, 3.05) is 19.6 Å². The highest BCUT2D eigenvalue weighted by Gasteiger charge is 2.20. The summed E-state index contributed by atoms with van der Waals surface area (Å²) >= 11 is 1.74. The first-order valence-electron chi connectivity index (χ1n) is 7.75. The highest BCUT2D eigenvalue weighted by Crippen LogP contribution is 2.18. The summed E-state index contributed by atoms with van der Waals surface area (Å²) in [5.41, 5.74) is 1.24. The van der Waals surface area contributed by atoms with Gasteiger partial charge in [-0.15, -0.1) is 11.3 Å². The van der Waals surface area contributed by atoms with E-state index in [-0.39, 0.29) is 0 Å². The molecule has 2 aromatic rings. The minimum Gasteiger partial charge on any atom is -0.332 e. The van der Waals surface area contributed by atoms with Crippen molar-refractivity contribution < 1.29 is 0 Å². The Labute approximate surface area is 129 Å². The van der Waals surface area contributed by atoms with Crippen LogP contribution in [0.25, 0.3) is 0 Å². The van der Waals surface area contributed by atoms with E-state index in [2.05, 4.69) is 25.5 Å². The van der Waals surface area contributed by atoms with Gasteiger partial charge in [0.1, 0.15) is 10.8 Å². The third-order valence-electron chi connectivity index (χ3n) is 4.36. The van der Waals surface area contributed by atoms with E-state index in [0.717, 1.165) is 32.7 Å². The van der Waals surface area contributed by atoms with Crippen molar-refractivity contribution in [1.29, 1.82) is 0 Å². The van der Waals surface area contributed by atoms with Crippen LogP contribution in [0.4, 0.5) is 0 Å². The van der Waals surface area contributed by atoms with Gasteiger partial charge >= 0.3 is 0 Å². The molecule has 0 N–H and O–H groups in total. The first-order valence-corrected chi connectivity index (χ1v) is 8.63. The summed E-state index contributed by atoms with van der Waals surface area (Å²) in [4.78, 5) is 14.2. The van der Waals surface area contributed by atoms with Crippen molar-refractivity contribution in [3.63, 3.8) is 0 Å². The number of hydrogen-bond acceptors (Lipinski definition) is 5. The number of nitrogens with zero attached hydrogens (tertiary/aromatic N) is 5. The molecule has 4 heterocycles. The topological polar surface area (TPSA) is 37.2 Å². The van der Waals surface area contributed by atoms with Crippen LogP contribution in [0, 0.1) is 0 Å². The average Bonchev–Trinajstić information content (AvgIpc) is 3.19. The van der Waals surface area contributed by atoms with Crippen molar-refractivity contribution >= 4 is 11.3 Å². The maximum Gasteiger partial charge on any atom is 0.123 e. The standard InChI is InChI=1S/C15H21N5S/c1-2-5-18(4-1)9-13-10-20-7-6-19(11-14(20)17-13)12-15-16-3-8-21-15/h3,8,10H,1-2,4-7,9,11-12H2. The van der Waals surface area contributed by atoms with Gasteiger partial charge in [-0.3, -0.25) is 9.80 Å². The van der Waals surface area contributed by atoms with Gasteiger partial charge in [0.25, 0.3) is 0 Å². The quantitative estimate of drug-likeness (QED) is 0.865. The second-order valence-electron chi connectivity index (χ2n) is 5.96. The van der Waals surface area contributed by atoms with Gasteiger partial charge in [0.2, 0.25) is 0 Å². The summed E-state index contributed by atoms with van der Waals surface area (Å²) in [6.07, 6.45) is 6.83. The molecule has 0 saturated carbocycles. The number of thiazole rings is 1. The predicted octanol–water partition coefficient (Wildman–Crippen LogP) is 1.95. The zero-order valence-electron chi connectivity index (χ0n) is 12.2. The molecule has 0 aromatic carbocycles. The molecule has 0 bridgehead atoms. The molecule has 0 unspecified atom stereocenters. The zero-order chi connectivity index (χ0) is 14.1. The fourth-order valence-corrected chi connectivity index (χ4v) is 3.92. The zero-order valence-corrected chi connectivity index (χ0v) is 13.1. The van der Waals surface area contributed by atoms with Crippen LogP contribution in [0.5, 0.6) is 0 Å². The Bertz CT molecular complexity index is 585. The Morgan fingerprint density at radius 2 is 1.95 bits per heavy atom. The van der Waals surface area contributed by atoms with E-state index in [1.807, 2.05) is 11.6 Å². The maximum atomic E-state index is 4.86. The lowest BCUT2D eigenvalue weighted by Gasteiger charge is -2.26. The highest BCUT2D eigenvalue weighted by atomic mass is 32.1. The predicted molar refractivity (Wildman–Crippen MR) is 83.0 cm³/mol. The summed E-state index contributed by atoms with van der Waals surface area (Å²) in [7, 11) is 0. The van der Waals surface area contributed by atoms with Gasteiger partial charge in [0, 0.05) is 37.4 Å². The van der Waals surface area contributed by atoms with Crippen LogP contribution in [0.1, 0.15) is 29.4 Å². The van der Waals surface area contributed by atoms with E-state index in [4.69, 9.17) is 4.98 Å².